The lowest BCUT2D eigenvalue weighted by Gasteiger charge is -2.29. The standard InChI is InChI=1S/C25H31N3O5S/c1-2-21(13-18-34(31,32)22-11-7-4-8-12-22)26-24(29)23(19-20-9-5-3-6-10-20)27-25(30)28-14-16-33-17-15-28/h3-13,18,21,23H,2,14-17,19H2,1H3,(H,26,29)(H,27,30). The molecular formula is C25H31N3O5S. The van der Waals surface area contributed by atoms with Crippen molar-refractivity contribution in [1.82, 2.24) is 15.5 Å². The number of rotatable bonds is 9. The van der Waals surface area contributed by atoms with Crippen LogP contribution in [-0.4, -0.2) is 63.6 Å². The van der Waals surface area contributed by atoms with Crippen molar-refractivity contribution in [2.45, 2.75) is 36.7 Å². The number of amides is 3. The second kappa shape index (κ2) is 12.3. The Morgan fingerprint density at radius 3 is 2.24 bits per heavy atom. The Labute approximate surface area is 200 Å². The first-order chi connectivity index (χ1) is 16.4. The third-order valence-corrected chi connectivity index (χ3v) is 6.97. The first kappa shape index (κ1) is 25.5. The molecule has 0 radical (unpaired) electrons. The van der Waals surface area contributed by atoms with Crippen LogP contribution in [0.3, 0.4) is 0 Å². The van der Waals surface area contributed by atoms with Gasteiger partial charge in [-0.05, 0) is 24.1 Å². The van der Waals surface area contributed by atoms with E-state index in [0.29, 0.717) is 39.1 Å². The zero-order valence-corrected chi connectivity index (χ0v) is 20.0. The minimum Gasteiger partial charge on any atom is -0.378 e. The average molecular weight is 486 g/mol. The topological polar surface area (TPSA) is 105 Å². The highest BCUT2D eigenvalue weighted by atomic mass is 32.2. The summed E-state index contributed by atoms with van der Waals surface area (Å²) >= 11 is 0. The number of benzene rings is 2. The molecule has 1 aliphatic rings. The Kier molecular flexibility index (Phi) is 9.24. The minimum absolute atomic E-state index is 0.187. The van der Waals surface area contributed by atoms with E-state index in [1.807, 2.05) is 37.3 Å². The number of morpholine rings is 1. The van der Waals surface area contributed by atoms with Crippen molar-refractivity contribution in [1.29, 1.82) is 0 Å². The van der Waals surface area contributed by atoms with Crippen molar-refractivity contribution < 1.29 is 22.7 Å². The molecule has 0 aliphatic carbocycles. The van der Waals surface area contributed by atoms with Gasteiger partial charge in [0.25, 0.3) is 0 Å². The average Bonchev–Trinajstić information content (AvgIpc) is 2.87. The van der Waals surface area contributed by atoms with Crippen LogP contribution in [0.5, 0.6) is 0 Å². The molecule has 2 atom stereocenters. The van der Waals surface area contributed by atoms with Crippen molar-refractivity contribution in [3.63, 3.8) is 0 Å². The van der Waals surface area contributed by atoms with Crippen LogP contribution < -0.4 is 10.6 Å². The van der Waals surface area contributed by atoms with Gasteiger partial charge in [0.05, 0.1) is 18.1 Å². The van der Waals surface area contributed by atoms with Gasteiger partial charge in [0.1, 0.15) is 6.04 Å². The molecule has 1 heterocycles. The molecule has 1 fully saturated rings. The minimum atomic E-state index is -3.62. The van der Waals surface area contributed by atoms with E-state index in [-0.39, 0.29) is 16.8 Å². The maximum Gasteiger partial charge on any atom is 0.318 e. The van der Waals surface area contributed by atoms with Gasteiger partial charge in [-0.15, -0.1) is 0 Å². The van der Waals surface area contributed by atoms with Gasteiger partial charge in [0.15, 0.2) is 9.84 Å². The second-order valence-electron chi connectivity index (χ2n) is 8.00. The highest BCUT2D eigenvalue weighted by Crippen LogP contribution is 2.12. The van der Waals surface area contributed by atoms with Crippen molar-refractivity contribution in [2.24, 2.45) is 0 Å². The van der Waals surface area contributed by atoms with Crippen LogP contribution in [0.1, 0.15) is 18.9 Å². The van der Waals surface area contributed by atoms with Crippen molar-refractivity contribution >= 4 is 21.8 Å². The molecule has 0 saturated carbocycles. The number of nitrogens with one attached hydrogen (secondary N) is 2. The van der Waals surface area contributed by atoms with E-state index < -0.39 is 21.9 Å². The van der Waals surface area contributed by atoms with E-state index in [1.54, 1.807) is 23.1 Å². The van der Waals surface area contributed by atoms with Gasteiger partial charge in [0.2, 0.25) is 5.91 Å². The maximum absolute atomic E-state index is 13.2. The Morgan fingerprint density at radius 2 is 1.62 bits per heavy atom. The van der Waals surface area contributed by atoms with E-state index in [0.717, 1.165) is 11.0 Å². The van der Waals surface area contributed by atoms with E-state index in [2.05, 4.69) is 10.6 Å². The molecule has 8 nitrogen and oxygen atoms in total. The largest absolute Gasteiger partial charge is 0.378 e. The van der Waals surface area contributed by atoms with Crippen molar-refractivity contribution in [3.05, 3.63) is 77.7 Å². The lowest BCUT2D eigenvalue weighted by Crippen LogP contribution is -2.55. The zero-order chi connectivity index (χ0) is 24.4. The Hall–Kier alpha value is -3.17. The van der Waals surface area contributed by atoms with Gasteiger partial charge in [-0.2, -0.15) is 0 Å². The zero-order valence-electron chi connectivity index (χ0n) is 19.2. The smallest absolute Gasteiger partial charge is 0.318 e. The van der Waals surface area contributed by atoms with E-state index in [1.165, 1.54) is 18.2 Å². The molecule has 3 amide bonds. The molecule has 0 aromatic heterocycles. The predicted octanol–water partition coefficient (Wildman–Crippen LogP) is 2.52. The monoisotopic (exact) mass is 485 g/mol. The van der Waals surface area contributed by atoms with Gasteiger partial charge >= 0.3 is 6.03 Å². The molecule has 2 unspecified atom stereocenters. The highest BCUT2D eigenvalue weighted by molar-refractivity contribution is 7.94. The number of urea groups is 1. The summed E-state index contributed by atoms with van der Waals surface area (Å²) in [6.45, 7) is 3.69. The SMILES string of the molecule is CCC(C=CS(=O)(=O)c1ccccc1)NC(=O)C(Cc1ccccc1)NC(=O)N1CCOCC1. The van der Waals surface area contributed by atoms with Gasteiger partial charge in [0, 0.05) is 31.0 Å². The molecule has 0 bridgehead atoms. The number of carbonyl (C=O) groups excluding carboxylic acids is 2. The number of ether oxygens (including phenoxy) is 1. The number of hydrogen-bond donors (Lipinski definition) is 2. The molecule has 3 rings (SSSR count). The number of hydrogen-bond acceptors (Lipinski definition) is 5. The van der Waals surface area contributed by atoms with Crippen LogP contribution in [0.15, 0.2) is 77.0 Å². The predicted molar refractivity (Wildman–Crippen MR) is 130 cm³/mol. The summed E-state index contributed by atoms with van der Waals surface area (Å²) in [5.41, 5.74) is 0.903. The summed E-state index contributed by atoms with van der Waals surface area (Å²) in [5.74, 6) is -0.376. The lowest BCUT2D eigenvalue weighted by molar-refractivity contribution is -0.123. The fraction of sp³-hybridized carbons (Fsp3) is 0.360. The van der Waals surface area contributed by atoms with E-state index >= 15 is 0 Å². The second-order valence-corrected chi connectivity index (χ2v) is 9.83. The third kappa shape index (κ3) is 7.43. The Morgan fingerprint density at radius 1 is 1.00 bits per heavy atom. The van der Waals surface area contributed by atoms with Crippen LogP contribution in [0.2, 0.25) is 0 Å². The van der Waals surface area contributed by atoms with Gasteiger partial charge in [-0.3, -0.25) is 4.79 Å². The maximum atomic E-state index is 13.2. The quantitative estimate of drug-likeness (QED) is 0.568. The van der Waals surface area contributed by atoms with Crippen LogP contribution in [-0.2, 0) is 25.8 Å². The molecule has 2 aromatic carbocycles. The number of carbonyl (C=O) groups is 2. The third-order valence-electron chi connectivity index (χ3n) is 5.52. The number of nitrogens with zero attached hydrogens (tertiary/aromatic N) is 1. The molecule has 2 aromatic rings. The molecule has 34 heavy (non-hydrogen) atoms. The van der Waals surface area contributed by atoms with Crippen LogP contribution in [0.25, 0.3) is 0 Å². The van der Waals surface area contributed by atoms with Crippen molar-refractivity contribution in [3.8, 4) is 0 Å². The summed E-state index contributed by atoms with van der Waals surface area (Å²) < 4.78 is 30.4. The molecular weight excluding hydrogens is 454 g/mol. The summed E-state index contributed by atoms with van der Waals surface area (Å²) in [4.78, 5) is 27.7. The van der Waals surface area contributed by atoms with Crippen molar-refractivity contribution in [2.75, 3.05) is 26.3 Å². The molecule has 9 heteroatoms. The normalized spacial score (nSPS) is 16.1. The highest BCUT2D eigenvalue weighted by Gasteiger charge is 2.26. The summed E-state index contributed by atoms with van der Waals surface area (Å²) in [7, 11) is -3.62. The molecule has 1 saturated heterocycles. The Bertz CT molecular complexity index is 1070. The number of sulfone groups is 1. The van der Waals surface area contributed by atoms with Crippen LogP contribution in [0, 0.1) is 0 Å². The first-order valence-electron chi connectivity index (χ1n) is 11.3. The molecule has 2 N–H and O–H groups in total. The molecule has 1 aliphatic heterocycles. The molecule has 0 spiro atoms. The van der Waals surface area contributed by atoms with Gasteiger partial charge in [-0.25, -0.2) is 13.2 Å². The van der Waals surface area contributed by atoms with Gasteiger partial charge in [-0.1, -0.05) is 61.5 Å². The fourth-order valence-corrected chi connectivity index (χ4v) is 4.61. The summed E-state index contributed by atoms with van der Waals surface area (Å²) in [5, 5.41) is 6.83. The van der Waals surface area contributed by atoms with Crippen LogP contribution >= 0.6 is 0 Å². The fourth-order valence-electron chi connectivity index (χ4n) is 3.52. The van der Waals surface area contributed by atoms with Gasteiger partial charge < -0.3 is 20.3 Å². The van der Waals surface area contributed by atoms with E-state index in [9.17, 15) is 18.0 Å². The van der Waals surface area contributed by atoms with E-state index in [4.69, 9.17) is 4.74 Å². The first-order valence-corrected chi connectivity index (χ1v) is 12.9. The summed E-state index contributed by atoms with van der Waals surface area (Å²) in [6.07, 6.45) is 2.27. The molecule has 182 valence electrons. The Balaban J connectivity index is 1.71. The van der Waals surface area contributed by atoms with Crippen LogP contribution in [0.4, 0.5) is 4.79 Å². The summed E-state index contributed by atoms with van der Waals surface area (Å²) in [6, 6.07) is 15.9. The lowest BCUT2D eigenvalue weighted by atomic mass is 10.0.